The second-order valence-corrected chi connectivity index (χ2v) is 5.99. The van der Waals surface area contributed by atoms with Gasteiger partial charge in [0, 0.05) is 10.0 Å². The second kappa shape index (κ2) is 7.34. The molecule has 112 valence electrons. The SMILES string of the molecule is CCCNC(c1ccc(Cl)c(Br)c1)c1cc(F)ccc1F. The Bertz CT molecular complexity index is 634. The fourth-order valence-electron chi connectivity index (χ4n) is 2.12. The lowest BCUT2D eigenvalue weighted by Gasteiger charge is -2.21. The fourth-order valence-corrected chi connectivity index (χ4v) is 2.64. The molecule has 1 unspecified atom stereocenters. The van der Waals surface area contributed by atoms with Gasteiger partial charge in [0.1, 0.15) is 11.6 Å². The van der Waals surface area contributed by atoms with E-state index in [9.17, 15) is 8.78 Å². The van der Waals surface area contributed by atoms with E-state index in [0.717, 1.165) is 28.6 Å². The summed E-state index contributed by atoms with van der Waals surface area (Å²) in [5, 5.41) is 3.82. The maximum absolute atomic E-state index is 14.1. The third-order valence-corrected chi connectivity index (χ3v) is 4.36. The minimum absolute atomic E-state index is 0.290. The molecule has 0 amide bonds. The highest BCUT2D eigenvalue weighted by atomic mass is 79.9. The Labute approximate surface area is 136 Å². The van der Waals surface area contributed by atoms with E-state index >= 15 is 0 Å². The molecule has 0 aliphatic rings. The van der Waals surface area contributed by atoms with Gasteiger partial charge >= 0.3 is 0 Å². The van der Waals surface area contributed by atoms with Crippen LogP contribution in [0.5, 0.6) is 0 Å². The number of hydrogen-bond acceptors (Lipinski definition) is 1. The summed E-state index contributed by atoms with van der Waals surface area (Å²) in [4.78, 5) is 0. The normalized spacial score (nSPS) is 12.4. The Hall–Kier alpha value is -0.970. The molecule has 21 heavy (non-hydrogen) atoms. The van der Waals surface area contributed by atoms with Gasteiger partial charge in [-0.25, -0.2) is 8.78 Å². The first-order valence-corrected chi connectivity index (χ1v) is 7.83. The molecule has 1 nitrogen and oxygen atoms in total. The van der Waals surface area contributed by atoms with Crippen LogP contribution in [0.25, 0.3) is 0 Å². The molecule has 0 aliphatic heterocycles. The highest BCUT2D eigenvalue weighted by Crippen LogP contribution is 2.30. The molecule has 0 saturated carbocycles. The minimum atomic E-state index is -0.456. The standard InChI is InChI=1S/C16H15BrClF2N/c1-2-7-21-16(10-3-5-14(18)13(17)8-10)12-9-11(19)4-6-15(12)20/h3-6,8-9,16,21H,2,7H2,1H3. The lowest BCUT2D eigenvalue weighted by atomic mass is 9.98. The van der Waals surface area contributed by atoms with Crippen molar-refractivity contribution in [3.8, 4) is 0 Å². The molecule has 2 aromatic carbocycles. The van der Waals surface area contributed by atoms with Crippen LogP contribution < -0.4 is 5.32 Å². The number of benzene rings is 2. The van der Waals surface area contributed by atoms with Crippen molar-refractivity contribution < 1.29 is 8.78 Å². The summed E-state index contributed by atoms with van der Waals surface area (Å²) in [6, 6.07) is 8.44. The zero-order chi connectivity index (χ0) is 15.4. The van der Waals surface area contributed by atoms with Gasteiger partial charge in [0.25, 0.3) is 0 Å². The van der Waals surface area contributed by atoms with E-state index in [1.54, 1.807) is 6.07 Å². The number of nitrogens with one attached hydrogen (secondary N) is 1. The molecule has 0 aliphatic carbocycles. The highest BCUT2D eigenvalue weighted by Gasteiger charge is 2.19. The van der Waals surface area contributed by atoms with Crippen molar-refractivity contribution in [1.29, 1.82) is 0 Å². The first-order chi connectivity index (χ1) is 10.0. The van der Waals surface area contributed by atoms with E-state index in [1.165, 1.54) is 6.07 Å². The lowest BCUT2D eigenvalue weighted by molar-refractivity contribution is 0.535. The minimum Gasteiger partial charge on any atom is -0.306 e. The summed E-state index contributed by atoms with van der Waals surface area (Å²) < 4.78 is 28.3. The molecule has 0 bridgehead atoms. The Morgan fingerprint density at radius 3 is 2.62 bits per heavy atom. The van der Waals surface area contributed by atoms with Crippen LogP contribution in [0.4, 0.5) is 8.78 Å². The van der Waals surface area contributed by atoms with Gasteiger partial charge in [-0.05, 0) is 64.8 Å². The van der Waals surface area contributed by atoms with Crippen molar-refractivity contribution in [3.63, 3.8) is 0 Å². The molecule has 0 heterocycles. The van der Waals surface area contributed by atoms with Crippen LogP contribution in [0.1, 0.15) is 30.5 Å². The first kappa shape index (κ1) is 16.4. The molecular formula is C16H15BrClF2N. The van der Waals surface area contributed by atoms with Gasteiger partial charge in [-0.3, -0.25) is 0 Å². The topological polar surface area (TPSA) is 12.0 Å². The molecule has 0 spiro atoms. The summed E-state index contributed by atoms with van der Waals surface area (Å²) in [6.45, 7) is 2.71. The van der Waals surface area contributed by atoms with E-state index in [1.807, 2.05) is 19.1 Å². The van der Waals surface area contributed by atoms with Gasteiger partial charge in [0.15, 0.2) is 0 Å². The van der Waals surface area contributed by atoms with E-state index in [0.29, 0.717) is 11.6 Å². The second-order valence-electron chi connectivity index (χ2n) is 4.73. The molecule has 0 radical (unpaired) electrons. The van der Waals surface area contributed by atoms with Gasteiger partial charge in [-0.2, -0.15) is 0 Å². The Morgan fingerprint density at radius 1 is 1.19 bits per heavy atom. The van der Waals surface area contributed by atoms with Crippen LogP contribution in [-0.2, 0) is 0 Å². The van der Waals surface area contributed by atoms with Crippen LogP contribution in [0, 0.1) is 11.6 Å². The average molecular weight is 375 g/mol. The largest absolute Gasteiger partial charge is 0.306 e. The zero-order valence-electron chi connectivity index (χ0n) is 11.5. The van der Waals surface area contributed by atoms with Crippen LogP contribution in [0.2, 0.25) is 5.02 Å². The molecule has 5 heteroatoms. The van der Waals surface area contributed by atoms with Crippen molar-refractivity contribution in [3.05, 3.63) is 68.7 Å². The van der Waals surface area contributed by atoms with Gasteiger partial charge in [0.2, 0.25) is 0 Å². The summed E-state index contributed by atoms with van der Waals surface area (Å²) >= 11 is 9.35. The molecule has 0 saturated heterocycles. The fraction of sp³-hybridized carbons (Fsp3) is 0.250. The number of rotatable bonds is 5. The summed E-state index contributed by atoms with van der Waals surface area (Å²) in [7, 11) is 0. The summed E-state index contributed by atoms with van der Waals surface area (Å²) in [6.07, 6.45) is 0.891. The van der Waals surface area contributed by atoms with E-state index in [4.69, 9.17) is 11.6 Å². The maximum atomic E-state index is 14.1. The Morgan fingerprint density at radius 2 is 1.95 bits per heavy atom. The third kappa shape index (κ3) is 4.02. The van der Waals surface area contributed by atoms with E-state index < -0.39 is 17.7 Å². The average Bonchev–Trinajstić information content (AvgIpc) is 2.46. The van der Waals surface area contributed by atoms with Crippen LogP contribution >= 0.6 is 27.5 Å². The number of halogens is 4. The highest BCUT2D eigenvalue weighted by molar-refractivity contribution is 9.10. The van der Waals surface area contributed by atoms with Crippen molar-refractivity contribution in [2.45, 2.75) is 19.4 Å². The Kier molecular flexibility index (Phi) is 5.73. The van der Waals surface area contributed by atoms with Crippen molar-refractivity contribution >= 4 is 27.5 Å². The monoisotopic (exact) mass is 373 g/mol. The lowest BCUT2D eigenvalue weighted by Crippen LogP contribution is -2.24. The van der Waals surface area contributed by atoms with Crippen molar-refractivity contribution in [1.82, 2.24) is 5.32 Å². The predicted octanol–water partition coefficient (Wildman–Crippen LogP) is 5.47. The Balaban J connectivity index is 2.46. The molecule has 0 aromatic heterocycles. The van der Waals surface area contributed by atoms with Gasteiger partial charge < -0.3 is 5.32 Å². The smallest absolute Gasteiger partial charge is 0.128 e. The predicted molar refractivity (Wildman–Crippen MR) is 85.6 cm³/mol. The number of hydrogen-bond donors (Lipinski definition) is 1. The van der Waals surface area contributed by atoms with Gasteiger partial charge in [-0.15, -0.1) is 0 Å². The summed E-state index contributed by atoms with van der Waals surface area (Å²) in [5.41, 5.74) is 1.11. The maximum Gasteiger partial charge on any atom is 0.128 e. The summed E-state index contributed by atoms with van der Waals surface area (Å²) in [5.74, 6) is -0.890. The third-order valence-electron chi connectivity index (χ3n) is 3.14. The first-order valence-electron chi connectivity index (χ1n) is 6.66. The quantitative estimate of drug-likeness (QED) is 0.732. The molecule has 2 rings (SSSR count). The molecule has 1 N–H and O–H groups in total. The van der Waals surface area contributed by atoms with E-state index in [-0.39, 0.29) is 5.56 Å². The van der Waals surface area contributed by atoms with E-state index in [2.05, 4.69) is 21.2 Å². The van der Waals surface area contributed by atoms with Crippen molar-refractivity contribution in [2.24, 2.45) is 0 Å². The molecular weight excluding hydrogens is 360 g/mol. The van der Waals surface area contributed by atoms with Crippen LogP contribution in [-0.4, -0.2) is 6.54 Å². The van der Waals surface area contributed by atoms with Gasteiger partial charge in [-0.1, -0.05) is 24.6 Å². The van der Waals surface area contributed by atoms with Crippen LogP contribution in [0.3, 0.4) is 0 Å². The molecule has 1 atom stereocenters. The molecule has 0 fully saturated rings. The van der Waals surface area contributed by atoms with Crippen LogP contribution in [0.15, 0.2) is 40.9 Å². The van der Waals surface area contributed by atoms with Gasteiger partial charge in [0.05, 0.1) is 11.1 Å². The van der Waals surface area contributed by atoms with Crippen molar-refractivity contribution in [2.75, 3.05) is 6.54 Å². The zero-order valence-corrected chi connectivity index (χ0v) is 13.8. The molecule has 2 aromatic rings.